The maximum Gasteiger partial charge on any atom is 0.279 e. The van der Waals surface area contributed by atoms with E-state index in [9.17, 15) is 9.59 Å². The Bertz CT molecular complexity index is 1180. The zero-order chi connectivity index (χ0) is 21.1. The van der Waals surface area contributed by atoms with E-state index < -0.39 is 0 Å². The molecule has 7 heteroatoms. The fourth-order valence-corrected chi connectivity index (χ4v) is 4.95. The number of carbonyl (C=O) groups excluding carboxylic acids is 2. The average Bonchev–Trinajstić information content (AvgIpc) is 3.07. The average molecular weight is 424 g/mol. The van der Waals surface area contributed by atoms with Crippen molar-refractivity contribution in [2.45, 2.75) is 39.2 Å². The van der Waals surface area contributed by atoms with E-state index in [1.807, 2.05) is 34.9 Å². The van der Waals surface area contributed by atoms with E-state index in [1.165, 1.54) is 42.2 Å². The molecule has 0 fully saturated rings. The molecule has 2 aromatic carbocycles. The fourth-order valence-electron chi connectivity index (χ4n) is 3.86. The van der Waals surface area contributed by atoms with Gasteiger partial charge in [0, 0.05) is 31.8 Å². The second kappa shape index (κ2) is 8.93. The molecular weight excluding hydrogens is 398 g/mol. The molecule has 6 nitrogen and oxygen atoms in total. The summed E-state index contributed by atoms with van der Waals surface area (Å²) in [5.74, 6) is -0.353. The number of hydrogen-bond donors (Lipinski definition) is 1. The Balaban J connectivity index is 1.74. The van der Waals surface area contributed by atoms with Crippen molar-refractivity contribution in [3.05, 3.63) is 57.9 Å². The lowest BCUT2D eigenvalue weighted by molar-refractivity contribution is -0.114. The molecule has 156 valence electrons. The lowest BCUT2D eigenvalue weighted by Crippen LogP contribution is -2.19. The van der Waals surface area contributed by atoms with Gasteiger partial charge in [0.2, 0.25) is 5.91 Å². The minimum atomic E-state index is -0.233. The predicted molar refractivity (Wildman–Crippen MR) is 119 cm³/mol. The largest absolute Gasteiger partial charge is 0.383 e. The summed E-state index contributed by atoms with van der Waals surface area (Å²) in [6.45, 7) is 2.58. The van der Waals surface area contributed by atoms with E-state index in [0.29, 0.717) is 23.5 Å². The Morgan fingerprint density at radius 3 is 2.70 bits per heavy atom. The van der Waals surface area contributed by atoms with Crippen molar-refractivity contribution >= 4 is 39.1 Å². The summed E-state index contributed by atoms with van der Waals surface area (Å²) in [4.78, 5) is 29.4. The van der Waals surface area contributed by atoms with E-state index in [4.69, 9.17) is 4.74 Å². The van der Waals surface area contributed by atoms with E-state index in [0.717, 1.165) is 28.7 Å². The molecule has 0 aliphatic heterocycles. The molecule has 0 spiro atoms. The number of methoxy groups -OCH3 is 1. The lowest BCUT2D eigenvalue weighted by Gasteiger charge is -2.15. The van der Waals surface area contributed by atoms with Crippen LogP contribution in [0.3, 0.4) is 0 Å². The fraction of sp³-hybridized carbons (Fsp3) is 0.348. The van der Waals surface area contributed by atoms with Crippen LogP contribution in [0, 0.1) is 0 Å². The Morgan fingerprint density at radius 2 is 1.93 bits per heavy atom. The molecule has 30 heavy (non-hydrogen) atoms. The molecule has 0 bridgehead atoms. The molecule has 1 N–H and O–H groups in total. The molecular formula is C23H25N3O3S. The number of hydrogen-bond acceptors (Lipinski definition) is 4. The zero-order valence-electron chi connectivity index (χ0n) is 17.2. The first-order chi connectivity index (χ1) is 14.5. The molecule has 1 aromatic heterocycles. The SMILES string of the molecule is COCCn1c(=NC(=O)c2ccc3c(c2)CCCC3)sc2cc(NC(C)=O)ccc21. The van der Waals surface area contributed by atoms with Crippen LogP contribution >= 0.6 is 11.3 Å². The predicted octanol–water partition coefficient (Wildman–Crippen LogP) is 3.93. The molecule has 0 atom stereocenters. The van der Waals surface area contributed by atoms with Gasteiger partial charge in [0.15, 0.2) is 4.80 Å². The smallest absolute Gasteiger partial charge is 0.279 e. The van der Waals surface area contributed by atoms with Crippen LogP contribution in [0.15, 0.2) is 41.4 Å². The summed E-state index contributed by atoms with van der Waals surface area (Å²) in [5.41, 5.74) is 4.93. The number of carbonyl (C=O) groups is 2. The topological polar surface area (TPSA) is 72.7 Å². The van der Waals surface area contributed by atoms with Gasteiger partial charge in [0.05, 0.1) is 16.8 Å². The van der Waals surface area contributed by atoms with Crippen molar-refractivity contribution in [3.8, 4) is 0 Å². The normalized spacial score (nSPS) is 14.0. The quantitative estimate of drug-likeness (QED) is 0.676. The Morgan fingerprint density at radius 1 is 1.13 bits per heavy atom. The van der Waals surface area contributed by atoms with Crippen molar-refractivity contribution in [3.63, 3.8) is 0 Å². The number of nitrogens with one attached hydrogen (secondary N) is 1. The number of nitrogens with zero attached hydrogens (tertiary/aromatic N) is 2. The summed E-state index contributed by atoms with van der Waals surface area (Å²) < 4.78 is 8.20. The maximum absolute atomic E-state index is 13.0. The molecule has 4 rings (SSSR count). The number of aromatic nitrogens is 1. The van der Waals surface area contributed by atoms with Gasteiger partial charge in [-0.2, -0.15) is 4.99 Å². The summed E-state index contributed by atoms with van der Waals surface area (Å²) in [7, 11) is 1.65. The monoisotopic (exact) mass is 423 g/mol. The minimum Gasteiger partial charge on any atom is -0.383 e. The second-order valence-corrected chi connectivity index (χ2v) is 8.51. The van der Waals surface area contributed by atoms with Crippen molar-refractivity contribution in [2.75, 3.05) is 19.0 Å². The highest BCUT2D eigenvalue weighted by molar-refractivity contribution is 7.16. The van der Waals surface area contributed by atoms with Gasteiger partial charge in [-0.1, -0.05) is 17.4 Å². The first-order valence-electron chi connectivity index (χ1n) is 10.2. The van der Waals surface area contributed by atoms with Gasteiger partial charge >= 0.3 is 0 Å². The van der Waals surface area contributed by atoms with Gasteiger partial charge in [-0.25, -0.2) is 0 Å². The van der Waals surface area contributed by atoms with E-state index in [2.05, 4.69) is 16.4 Å². The molecule has 0 unspecified atom stereocenters. The van der Waals surface area contributed by atoms with Crippen LogP contribution in [0.2, 0.25) is 0 Å². The first kappa shape index (κ1) is 20.5. The summed E-state index contributed by atoms with van der Waals surface area (Å²) in [5, 5.41) is 2.80. The third-order valence-corrected chi connectivity index (χ3v) is 6.36. The third kappa shape index (κ3) is 4.37. The Hall–Kier alpha value is -2.77. The van der Waals surface area contributed by atoms with Gasteiger partial charge < -0.3 is 14.6 Å². The summed E-state index contributed by atoms with van der Waals surface area (Å²) >= 11 is 1.44. The number of ether oxygens (including phenoxy) is 1. The van der Waals surface area contributed by atoms with Crippen molar-refractivity contribution in [1.29, 1.82) is 0 Å². The number of amides is 2. The number of rotatable bonds is 5. The van der Waals surface area contributed by atoms with Gasteiger partial charge in [-0.3, -0.25) is 9.59 Å². The van der Waals surface area contributed by atoms with Crippen LogP contribution in [0.1, 0.15) is 41.3 Å². The van der Waals surface area contributed by atoms with Crippen molar-refractivity contribution < 1.29 is 14.3 Å². The van der Waals surface area contributed by atoms with Crippen molar-refractivity contribution in [2.24, 2.45) is 4.99 Å². The lowest BCUT2D eigenvalue weighted by atomic mass is 9.90. The van der Waals surface area contributed by atoms with Crippen molar-refractivity contribution in [1.82, 2.24) is 4.57 Å². The number of benzene rings is 2. The molecule has 0 saturated heterocycles. The van der Waals surface area contributed by atoms with E-state index in [-0.39, 0.29) is 11.8 Å². The van der Waals surface area contributed by atoms with Gasteiger partial charge in [-0.15, -0.1) is 0 Å². The molecule has 3 aromatic rings. The molecule has 1 aliphatic carbocycles. The number of thiazole rings is 1. The highest BCUT2D eigenvalue weighted by Crippen LogP contribution is 2.24. The van der Waals surface area contributed by atoms with Gasteiger partial charge in [0.25, 0.3) is 5.91 Å². The van der Waals surface area contributed by atoms with E-state index in [1.54, 1.807) is 7.11 Å². The molecule has 2 amide bonds. The summed E-state index contributed by atoms with van der Waals surface area (Å²) in [6.07, 6.45) is 4.50. The Kier molecular flexibility index (Phi) is 6.11. The number of fused-ring (bicyclic) bond motifs is 2. The van der Waals surface area contributed by atoms with Gasteiger partial charge in [-0.05, 0) is 67.1 Å². The zero-order valence-corrected chi connectivity index (χ0v) is 18.1. The molecule has 0 radical (unpaired) electrons. The maximum atomic E-state index is 13.0. The standard InChI is InChI=1S/C23H25N3O3S/c1-15(27)24-19-9-10-20-21(14-19)30-23(26(20)11-12-29-2)25-22(28)18-8-7-16-5-3-4-6-17(16)13-18/h7-10,13-14H,3-6,11-12H2,1-2H3,(H,24,27). The molecule has 1 heterocycles. The molecule has 1 aliphatic rings. The highest BCUT2D eigenvalue weighted by Gasteiger charge is 2.14. The van der Waals surface area contributed by atoms with Gasteiger partial charge in [0.1, 0.15) is 0 Å². The first-order valence-corrected chi connectivity index (χ1v) is 11.0. The minimum absolute atomic E-state index is 0.120. The highest BCUT2D eigenvalue weighted by atomic mass is 32.1. The van der Waals surface area contributed by atoms with Crippen LogP contribution in [0.25, 0.3) is 10.2 Å². The number of aryl methyl sites for hydroxylation is 2. The third-order valence-electron chi connectivity index (χ3n) is 5.31. The number of anilines is 1. The van der Waals surface area contributed by atoms with Crippen LogP contribution in [-0.2, 0) is 28.9 Å². The second-order valence-electron chi connectivity index (χ2n) is 7.50. The van der Waals surface area contributed by atoms with Crippen LogP contribution in [0.4, 0.5) is 5.69 Å². The van der Waals surface area contributed by atoms with Crippen LogP contribution < -0.4 is 10.1 Å². The van der Waals surface area contributed by atoms with Crippen LogP contribution in [0.5, 0.6) is 0 Å². The van der Waals surface area contributed by atoms with Crippen LogP contribution in [-0.4, -0.2) is 30.1 Å². The van der Waals surface area contributed by atoms with E-state index >= 15 is 0 Å². The Labute approximate surface area is 179 Å². The summed E-state index contributed by atoms with van der Waals surface area (Å²) in [6, 6.07) is 11.7. The molecule has 0 saturated carbocycles.